The van der Waals surface area contributed by atoms with Crippen LogP contribution in [0, 0.1) is 0 Å². The number of benzene rings is 1. The minimum atomic E-state index is -0.153. The molecule has 8 nitrogen and oxygen atoms in total. The number of anilines is 2. The average Bonchev–Trinajstić information content (AvgIpc) is 3.53. The molecule has 0 radical (unpaired) electrons. The molecule has 2 aromatic heterocycles. The average molecular weight is 463 g/mol. The number of hydrogen-bond acceptors (Lipinski definition) is 6. The molecular weight excluding hydrogens is 428 g/mol. The van der Waals surface area contributed by atoms with Gasteiger partial charge < -0.3 is 19.4 Å². The maximum absolute atomic E-state index is 13.4. The lowest BCUT2D eigenvalue weighted by Crippen LogP contribution is -2.31. The van der Waals surface area contributed by atoms with Gasteiger partial charge in [-0.05, 0) is 50.3 Å². The number of aromatic nitrogens is 3. The molecular formula is C26H34N6O2. The number of nitrogens with zero attached hydrogens (tertiary/aromatic N) is 6. The molecule has 1 saturated heterocycles. The van der Waals surface area contributed by atoms with E-state index in [1.54, 1.807) is 4.90 Å². The zero-order chi connectivity index (χ0) is 23.7. The van der Waals surface area contributed by atoms with Crippen LogP contribution >= 0.6 is 0 Å². The van der Waals surface area contributed by atoms with Gasteiger partial charge in [0.15, 0.2) is 5.65 Å². The van der Waals surface area contributed by atoms with Crippen LogP contribution in [0.1, 0.15) is 61.1 Å². The molecule has 180 valence electrons. The van der Waals surface area contributed by atoms with Gasteiger partial charge in [-0.1, -0.05) is 13.0 Å². The third kappa shape index (κ3) is 4.29. The first kappa shape index (κ1) is 22.5. The van der Waals surface area contributed by atoms with E-state index >= 15 is 0 Å². The molecule has 1 aromatic carbocycles. The molecule has 1 amide bonds. The number of fused-ring (bicyclic) bond motifs is 3. The molecule has 4 heterocycles. The molecule has 3 aromatic rings. The fourth-order valence-corrected chi connectivity index (χ4v) is 5.01. The van der Waals surface area contributed by atoms with E-state index in [4.69, 9.17) is 14.8 Å². The Morgan fingerprint density at radius 2 is 1.82 bits per heavy atom. The third-order valence-electron chi connectivity index (χ3n) is 6.99. The molecule has 8 heteroatoms. The van der Waals surface area contributed by atoms with Crippen LogP contribution in [0.5, 0.6) is 5.75 Å². The van der Waals surface area contributed by atoms with Gasteiger partial charge in [0.2, 0.25) is 0 Å². The molecule has 0 aliphatic carbocycles. The Kier molecular flexibility index (Phi) is 6.30. The molecule has 1 fully saturated rings. The zero-order valence-electron chi connectivity index (χ0n) is 20.4. The number of carbonyl (C=O) groups excluding carboxylic acids is 1. The first-order valence-corrected chi connectivity index (χ1v) is 12.4. The van der Waals surface area contributed by atoms with E-state index < -0.39 is 0 Å². The van der Waals surface area contributed by atoms with E-state index in [1.807, 2.05) is 41.9 Å². The van der Waals surface area contributed by atoms with E-state index in [1.165, 1.54) is 12.8 Å². The fraction of sp³-hybridized carbons (Fsp3) is 0.500. The van der Waals surface area contributed by atoms with Gasteiger partial charge in [-0.3, -0.25) is 4.79 Å². The zero-order valence-corrected chi connectivity index (χ0v) is 20.4. The summed E-state index contributed by atoms with van der Waals surface area (Å²) in [6.07, 6.45) is 5.08. The summed E-state index contributed by atoms with van der Waals surface area (Å²) in [4.78, 5) is 24.8. The van der Waals surface area contributed by atoms with Crippen molar-refractivity contribution in [3.63, 3.8) is 0 Å². The lowest BCUT2D eigenvalue weighted by Gasteiger charge is -2.26. The summed E-state index contributed by atoms with van der Waals surface area (Å²) in [5, 5.41) is 4.98. The maximum atomic E-state index is 13.4. The molecule has 0 saturated carbocycles. The summed E-state index contributed by atoms with van der Waals surface area (Å²) >= 11 is 0. The largest absolute Gasteiger partial charge is 0.494 e. The van der Waals surface area contributed by atoms with Gasteiger partial charge in [-0.25, -0.2) is 4.98 Å². The third-order valence-corrected chi connectivity index (χ3v) is 6.99. The Labute approximate surface area is 201 Å². The highest BCUT2D eigenvalue weighted by molar-refractivity contribution is 5.94. The van der Waals surface area contributed by atoms with Gasteiger partial charge in [-0.15, -0.1) is 0 Å². The van der Waals surface area contributed by atoms with Crippen LogP contribution in [0.4, 0.5) is 11.6 Å². The van der Waals surface area contributed by atoms with E-state index in [9.17, 15) is 4.79 Å². The SMILES string of the molecule is CCC1c2cc3nc(N4CCCC4)cc(n3n2)N(C)CCCCOc2cccc(c2)C(=O)N1C. The van der Waals surface area contributed by atoms with Crippen LogP contribution in [0.15, 0.2) is 36.4 Å². The highest BCUT2D eigenvalue weighted by atomic mass is 16.5. The summed E-state index contributed by atoms with van der Waals surface area (Å²) in [6.45, 7) is 5.69. The van der Waals surface area contributed by atoms with Crippen LogP contribution in [0.25, 0.3) is 5.65 Å². The van der Waals surface area contributed by atoms with Crippen molar-refractivity contribution in [2.45, 2.75) is 45.1 Å². The molecule has 4 bridgehead atoms. The first-order chi connectivity index (χ1) is 16.5. The summed E-state index contributed by atoms with van der Waals surface area (Å²) in [5.74, 6) is 2.74. The number of carbonyl (C=O) groups is 1. The smallest absolute Gasteiger partial charge is 0.254 e. The molecule has 2 aliphatic heterocycles. The van der Waals surface area contributed by atoms with E-state index in [2.05, 4.69) is 29.8 Å². The van der Waals surface area contributed by atoms with Crippen molar-refractivity contribution >= 4 is 23.2 Å². The van der Waals surface area contributed by atoms with Crippen LogP contribution in [-0.2, 0) is 0 Å². The van der Waals surface area contributed by atoms with E-state index in [0.717, 1.165) is 67.6 Å². The Bertz CT molecular complexity index is 1170. The lowest BCUT2D eigenvalue weighted by atomic mass is 10.1. The quantitative estimate of drug-likeness (QED) is 0.570. The molecule has 34 heavy (non-hydrogen) atoms. The Hall–Kier alpha value is -3.29. The number of rotatable bonds is 2. The molecule has 2 aliphatic rings. The maximum Gasteiger partial charge on any atom is 0.254 e. The number of ether oxygens (including phenoxy) is 1. The highest BCUT2D eigenvalue weighted by Crippen LogP contribution is 2.30. The monoisotopic (exact) mass is 462 g/mol. The van der Waals surface area contributed by atoms with Gasteiger partial charge in [0.1, 0.15) is 17.4 Å². The minimum Gasteiger partial charge on any atom is -0.494 e. The van der Waals surface area contributed by atoms with Crippen molar-refractivity contribution in [3.8, 4) is 5.75 Å². The molecule has 0 spiro atoms. The lowest BCUT2D eigenvalue weighted by molar-refractivity contribution is 0.0722. The van der Waals surface area contributed by atoms with Gasteiger partial charge in [0.25, 0.3) is 5.91 Å². The van der Waals surface area contributed by atoms with E-state index in [-0.39, 0.29) is 11.9 Å². The van der Waals surface area contributed by atoms with Crippen molar-refractivity contribution in [1.29, 1.82) is 0 Å². The normalized spacial score (nSPS) is 19.8. The van der Waals surface area contributed by atoms with Crippen molar-refractivity contribution in [1.82, 2.24) is 19.5 Å². The number of amides is 1. The summed E-state index contributed by atoms with van der Waals surface area (Å²) in [5.41, 5.74) is 2.32. The predicted octanol–water partition coefficient (Wildman–Crippen LogP) is 4.16. The predicted molar refractivity (Wildman–Crippen MR) is 134 cm³/mol. The second kappa shape index (κ2) is 9.52. The molecule has 1 unspecified atom stereocenters. The summed E-state index contributed by atoms with van der Waals surface area (Å²) in [7, 11) is 3.97. The van der Waals surface area contributed by atoms with Gasteiger partial charge in [0.05, 0.1) is 18.3 Å². The molecule has 0 N–H and O–H groups in total. The van der Waals surface area contributed by atoms with Gasteiger partial charge >= 0.3 is 0 Å². The second-order valence-electron chi connectivity index (χ2n) is 9.35. The van der Waals surface area contributed by atoms with E-state index in [0.29, 0.717) is 12.2 Å². The molecule has 5 rings (SSSR count). The summed E-state index contributed by atoms with van der Waals surface area (Å²) in [6, 6.07) is 11.5. The van der Waals surface area contributed by atoms with Crippen molar-refractivity contribution in [3.05, 3.63) is 47.7 Å². The highest BCUT2D eigenvalue weighted by Gasteiger charge is 2.26. The fourth-order valence-electron chi connectivity index (χ4n) is 5.01. The van der Waals surface area contributed by atoms with Gasteiger partial charge in [-0.2, -0.15) is 9.61 Å². The summed E-state index contributed by atoms with van der Waals surface area (Å²) < 4.78 is 7.91. The second-order valence-corrected chi connectivity index (χ2v) is 9.35. The van der Waals surface area contributed by atoms with Crippen LogP contribution in [0.2, 0.25) is 0 Å². The Balaban J connectivity index is 1.60. The van der Waals surface area contributed by atoms with Crippen molar-refractivity contribution in [2.24, 2.45) is 0 Å². The van der Waals surface area contributed by atoms with Gasteiger partial charge in [0, 0.05) is 51.4 Å². The van der Waals surface area contributed by atoms with Crippen molar-refractivity contribution < 1.29 is 9.53 Å². The molecule has 1 atom stereocenters. The van der Waals surface area contributed by atoms with Crippen LogP contribution in [0.3, 0.4) is 0 Å². The van der Waals surface area contributed by atoms with Crippen LogP contribution < -0.4 is 14.5 Å². The van der Waals surface area contributed by atoms with Crippen molar-refractivity contribution in [2.75, 3.05) is 50.1 Å². The minimum absolute atomic E-state index is 0.0375. The van der Waals surface area contributed by atoms with Crippen LogP contribution in [-0.4, -0.2) is 65.7 Å². The topological polar surface area (TPSA) is 66.2 Å². The Morgan fingerprint density at radius 1 is 1.03 bits per heavy atom. The number of hydrogen-bond donors (Lipinski definition) is 0. The first-order valence-electron chi connectivity index (χ1n) is 12.4. The Morgan fingerprint density at radius 3 is 2.62 bits per heavy atom. The standard InChI is InChI=1S/C26H34N6O2/c1-4-22-21-17-24-27-23(31-13-5-6-14-31)18-25(32(24)28-21)29(2)12-7-8-15-34-20-11-9-10-19(16-20)26(33)30(22)3/h9-11,16-18,22H,4-8,12-15H2,1-3H3.